The molecule has 0 aromatic heterocycles. The van der Waals surface area contributed by atoms with Gasteiger partial charge >= 0.3 is 6.03 Å². The number of amides is 3. The van der Waals surface area contributed by atoms with E-state index in [9.17, 15) is 14.0 Å². The normalized spacial score (nSPS) is 9.38. The highest BCUT2D eigenvalue weighted by atomic mass is 19.1. The van der Waals surface area contributed by atoms with E-state index in [2.05, 4.69) is 16.0 Å². The zero-order valence-electron chi connectivity index (χ0n) is 8.71. The van der Waals surface area contributed by atoms with Crippen LogP contribution in [0.5, 0.6) is 0 Å². The summed E-state index contributed by atoms with van der Waals surface area (Å²) in [4.78, 5) is 22.0. The fraction of sp³-hybridized carbons (Fsp3) is 0.200. The van der Waals surface area contributed by atoms with Crippen molar-refractivity contribution in [2.75, 3.05) is 18.9 Å². The van der Waals surface area contributed by atoms with Gasteiger partial charge in [-0.3, -0.25) is 4.79 Å². The molecule has 0 unspecified atom stereocenters. The lowest BCUT2D eigenvalue weighted by Gasteiger charge is -2.07. The maximum absolute atomic E-state index is 13.1. The molecule has 0 heterocycles. The highest BCUT2D eigenvalue weighted by molar-refractivity contribution is 5.92. The molecule has 0 aliphatic carbocycles. The van der Waals surface area contributed by atoms with Crippen LogP contribution >= 0.6 is 0 Å². The minimum atomic E-state index is -0.631. The topological polar surface area (TPSA) is 70.2 Å². The standard InChI is InChI=1S/C10H12FN3O2/c1-12-9(15)6-13-10(16)14-8-5-3-2-4-7(8)11/h2-5H,6H2,1H3,(H,12,15)(H2,13,14,16). The smallest absolute Gasteiger partial charge is 0.319 e. The molecule has 3 amide bonds. The molecule has 0 atom stereocenters. The number of carbonyl (C=O) groups is 2. The summed E-state index contributed by atoms with van der Waals surface area (Å²) in [5, 5.41) is 6.90. The number of urea groups is 1. The fourth-order valence-electron chi connectivity index (χ4n) is 0.978. The molecule has 0 spiro atoms. The quantitative estimate of drug-likeness (QED) is 0.708. The first kappa shape index (κ1) is 12.0. The largest absolute Gasteiger partial charge is 0.358 e. The predicted octanol–water partition coefficient (Wildman–Crippen LogP) is 0.693. The van der Waals surface area contributed by atoms with Crippen molar-refractivity contribution < 1.29 is 14.0 Å². The van der Waals surface area contributed by atoms with Crippen molar-refractivity contribution >= 4 is 17.6 Å². The number of hydrogen-bond donors (Lipinski definition) is 3. The number of anilines is 1. The van der Waals surface area contributed by atoms with Gasteiger partial charge in [0.25, 0.3) is 0 Å². The number of halogens is 1. The second-order valence-corrected chi connectivity index (χ2v) is 2.96. The highest BCUT2D eigenvalue weighted by Gasteiger charge is 2.06. The number of hydrogen-bond acceptors (Lipinski definition) is 2. The summed E-state index contributed by atoms with van der Waals surface area (Å²) >= 11 is 0. The van der Waals surface area contributed by atoms with Crippen LogP contribution in [0, 0.1) is 5.82 Å². The summed E-state index contributed by atoms with van der Waals surface area (Å²) in [7, 11) is 1.46. The molecule has 0 aliphatic heterocycles. The summed E-state index contributed by atoms with van der Waals surface area (Å²) in [6.45, 7) is -0.156. The molecule has 0 fully saturated rings. The van der Waals surface area contributed by atoms with Crippen molar-refractivity contribution in [3.63, 3.8) is 0 Å². The molecular weight excluding hydrogens is 213 g/mol. The van der Waals surface area contributed by atoms with E-state index in [4.69, 9.17) is 0 Å². The molecule has 1 aromatic rings. The van der Waals surface area contributed by atoms with Crippen LogP contribution in [0.2, 0.25) is 0 Å². The van der Waals surface area contributed by atoms with Gasteiger partial charge < -0.3 is 16.0 Å². The summed E-state index contributed by atoms with van der Waals surface area (Å²) in [6.07, 6.45) is 0. The van der Waals surface area contributed by atoms with E-state index in [0.717, 1.165) is 0 Å². The number of nitrogens with one attached hydrogen (secondary N) is 3. The average Bonchev–Trinajstić information content (AvgIpc) is 2.29. The molecule has 0 saturated carbocycles. The molecule has 0 saturated heterocycles. The minimum Gasteiger partial charge on any atom is -0.358 e. The molecule has 0 bridgehead atoms. The number of rotatable bonds is 3. The zero-order chi connectivity index (χ0) is 12.0. The van der Waals surface area contributed by atoms with E-state index < -0.39 is 11.8 Å². The lowest BCUT2D eigenvalue weighted by Crippen LogP contribution is -2.37. The van der Waals surface area contributed by atoms with Crippen molar-refractivity contribution in [3.8, 4) is 0 Å². The maximum Gasteiger partial charge on any atom is 0.319 e. The third-order valence-corrected chi connectivity index (χ3v) is 1.81. The summed E-state index contributed by atoms with van der Waals surface area (Å²) < 4.78 is 13.1. The van der Waals surface area contributed by atoms with Crippen molar-refractivity contribution in [3.05, 3.63) is 30.1 Å². The molecule has 5 nitrogen and oxygen atoms in total. The molecule has 16 heavy (non-hydrogen) atoms. The Labute approximate surface area is 92.0 Å². The third-order valence-electron chi connectivity index (χ3n) is 1.81. The van der Waals surface area contributed by atoms with Crippen LogP contribution in [0.4, 0.5) is 14.9 Å². The highest BCUT2D eigenvalue weighted by Crippen LogP contribution is 2.11. The van der Waals surface area contributed by atoms with Crippen molar-refractivity contribution in [1.82, 2.24) is 10.6 Å². The van der Waals surface area contributed by atoms with Gasteiger partial charge in [-0.25, -0.2) is 9.18 Å². The second kappa shape index (κ2) is 5.69. The molecule has 6 heteroatoms. The Balaban J connectivity index is 2.46. The minimum absolute atomic E-state index is 0.0666. The number of likely N-dealkylation sites (N-methyl/N-ethyl adjacent to an activating group) is 1. The Morgan fingerprint density at radius 3 is 2.62 bits per heavy atom. The Bertz CT molecular complexity index is 395. The first-order chi connectivity index (χ1) is 7.63. The molecule has 0 radical (unpaired) electrons. The first-order valence-corrected chi connectivity index (χ1v) is 4.63. The van der Waals surface area contributed by atoms with Gasteiger partial charge in [0.1, 0.15) is 5.82 Å². The van der Waals surface area contributed by atoms with E-state index in [-0.39, 0.29) is 18.1 Å². The van der Waals surface area contributed by atoms with E-state index in [0.29, 0.717) is 0 Å². The van der Waals surface area contributed by atoms with Gasteiger partial charge in [-0.1, -0.05) is 12.1 Å². The van der Waals surface area contributed by atoms with Crippen molar-refractivity contribution in [2.45, 2.75) is 0 Å². The van der Waals surface area contributed by atoms with Gasteiger partial charge in [-0.05, 0) is 12.1 Å². The second-order valence-electron chi connectivity index (χ2n) is 2.96. The van der Waals surface area contributed by atoms with E-state index in [1.165, 1.54) is 25.2 Å². The van der Waals surface area contributed by atoms with Crippen LogP contribution in [0.25, 0.3) is 0 Å². The summed E-state index contributed by atoms with van der Waals surface area (Å²) in [5.74, 6) is -0.860. The summed E-state index contributed by atoms with van der Waals surface area (Å²) in [5.41, 5.74) is 0.0666. The Hall–Kier alpha value is -2.11. The molecule has 86 valence electrons. The summed E-state index contributed by atoms with van der Waals surface area (Å²) in [6, 6.07) is 5.14. The molecule has 1 rings (SSSR count). The van der Waals surface area contributed by atoms with Crippen molar-refractivity contribution in [2.24, 2.45) is 0 Å². The van der Waals surface area contributed by atoms with E-state index in [1.54, 1.807) is 6.07 Å². The Morgan fingerprint density at radius 1 is 1.31 bits per heavy atom. The van der Waals surface area contributed by atoms with Crippen LogP contribution in [-0.4, -0.2) is 25.5 Å². The van der Waals surface area contributed by atoms with Crippen LogP contribution in [0.1, 0.15) is 0 Å². The van der Waals surface area contributed by atoms with Crippen LogP contribution in [-0.2, 0) is 4.79 Å². The lowest BCUT2D eigenvalue weighted by molar-refractivity contribution is -0.119. The van der Waals surface area contributed by atoms with Crippen LogP contribution in [0.15, 0.2) is 24.3 Å². The van der Waals surface area contributed by atoms with Gasteiger partial charge in [0.05, 0.1) is 12.2 Å². The van der Waals surface area contributed by atoms with Gasteiger partial charge in [0.2, 0.25) is 5.91 Å². The van der Waals surface area contributed by atoms with Crippen LogP contribution < -0.4 is 16.0 Å². The number of benzene rings is 1. The SMILES string of the molecule is CNC(=O)CNC(=O)Nc1ccccc1F. The van der Waals surface area contributed by atoms with Gasteiger partial charge in [0.15, 0.2) is 0 Å². The predicted molar refractivity (Wildman–Crippen MR) is 57.5 cm³/mol. The Morgan fingerprint density at radius 2 is 2.00 bits per heavy atom. The molecule has 1 aromatic carbocycles. The molecule has 3 N–H and O–H groups in total. The van der Waals surface area contributed by atoms with Crippen molar-refractivity contribution in [1.29, 1.82) is 0 Å². The van der Waals surface area contributed by atoms with Gasteiger partial charge in [-0.2, -0.15) is 0 Å². The maximum atomic E-state index is 13.1. The van der Waals surface area contributed by atoms with E-state index >= 15 is 0 Å². The van der Waals surface area contributed by atoms with Crippen LogP contribution in [0.3, 0.4) is 0 Å². The Kier molecular flexibility index (Phi) is 4.26. The molecular formula is C10H12FN3O2. The third kappa shape index (κ3) is 3.56. The van der Waals surface area contributed by atoms with Gasteiger partial charge in [-0.15, -0.1) is 0 Å². The molecule has 0 aliphatic rings. The fourth-order valence-corrected chi connectivity index (χ4v) is 0.978. The first-order valence-electron chi connectivity index (χ1n) is 4.63. The van der Waals surface area contributed by atoms with E-state index in [1.807, 2.05) is 0 Å². The van der Waals surface area contributed by atoms with Gasteiger partial charge in [0, 0.05) is 7.05 Å². The average molecular weight is 225 g/mol. The lowest BCUT2D eigenvalue weighted by atomic mass is 10.3. The monoisotopic (exact) mass is 225 g/mol. The number of carbonyl (C=O) groups excluding carboxylic acids is 2. The number of para-hydroxylation sites is 1. The zero-order valence-corrected chi connectivity index (χ0v) is 8.71.